The molecule has 2 aromatic carbocycles. The van der Waals surface area contributed by atoms with Crippen molar-refractivity contribution >= 4 is 28.8 Å². The average Bonchev–Trinajstić information content (AvgIpc) is 2.93. The second-order valence-electron chi connectivity index (χ2n) is 7.96. The molecule has 150 valence electrons. The van der Waals surface area contributed by atoms with E-state index in [0.717, 1.165) is 35.5 Å². The predicted molar refractivity (Wildman–Crippen MR) is 117 cm³/mol. The van der Waals surface area contributed by atoms with Crippen LogP contribution < -0.4 is 10.2 Å². The number of carbonyl (C=O) groups is 2. The van der Waals surface area contributed by atoms with Gasteiger partial charge in [-0.3, -0.25) is 14.5 Å². The van der Waals surface area contributed by atoms with Crippen molar-refractivity contribution in [1.29, 1.82) is 0 Å². The molecule has 0 spiro atoms. The third-order valence-corrected chi connectivity index (χ3v) is 5.80. The van der Waals surface area contributed by atoms with Gasteiger partial charge in [-0.25, -0.2) is 0 Å². The highest BCUT2D eigenvalue weighted by molar-refractivity contribution is 6.36. The minimum absolute atomic E-state index is 0.269. The Morgan fingerprint density at radius 1 is 0.862 bits per heavy atom. The van der Waals surface area contributed by atoms with Crippen LogP contribution in [-0.2, 0) is 9.59 Å². The molecule has 2 heterocycles. The normalized spacial score (nSPS) is 17.3. The van der Waals surface area contributed by atoms with E-state index >= 15 is 0 Å². The molecule has 4 rings (SSSR count). The molecule has 0 saturated carbocycles. The summed E-state index contributed by atoms with van der Waals surface area (Å²) < 4.78 is 0. The number of piperidine rings is 1. The summed E-state index contributed by atoms with van der Waals surface area (Å²) in [7, 11) is 1.53. The average molecular weight is 389 g/mol. The summed E-state index contributed by atoms with van der Waals surface area (Å²) in [6.07, 6.45) is 3.76. The molecule has 1 saturated heterocycles. The molecule has 5 heteroatoms. The molecule has 0 unspecified atom stereocenters. The maximum Gasteiger partial charge on any atom is 0.277 e. The number of imide groups is 1. The van der Waals surface area contributed by atoms with Crippen molar-refractivity contribution in [1.82, 2.24) is 4.90 Å². The highest BCUT2D eigenvalue weighted by Crippen LogP contribution is 2.32. The van der Waals surface area contributed by atoms with Gasteiger partial charge in [-0.2, -0.15) is 0 Å². The maximum atomic E-state index is 12.8. The summed E-state index contributed by atoms with van der Waals surface area (Å²) in [5.41, 5.74) is 5.69. The summed E-state index contributed by atoms with van der Waals surface area (Å²) in [6, 6.07) is 14.0. The Kier molecular flexibility index (Phi) is 5.14. The predicted octanol–water partition coefficient (Wildman–Crippen LogP) is 4.12. The van der Waals surface area contributed by atoms with Crippen molar-refractivity contribution in [2.24, 2.45) is 0 Å². The van der Waals surface area contributed by atoms with Crippen LogP contribution in [0.3, 0.4) is 0 Å². The molecule has 2 aliphatic rings. The van der Waals surface area contributed by atoms with Crippen LogP contribution in [0.1, 0.15) is 36.0 Å². The van der Waals surface area contributed by atoms with Gasteiger partial charge in [-0.1, -0.05) is 23.8 Å². The van der Waals surface area contributed by atoms with E-state index in [9.17, 15) is 9.59 Å². The van der Waals surface area contributed by atoms with E-state index in [4.69, 9.17) is 0 Å². The number of rotatable bonds is 4. The molecule has 2 amide bonds. The lowest BCUT2D eigenvalue weighted by atomic mass is 9.97. The zero-order valence-electron chi connectivity index (χ0n) is 17.3. The fraction of sp³-hybridized carbons (Fsp3) is 0.333. The molecule has 0 bridgehead atoms. The van der Waals surface area contributed by atoms with Crippen LogP contribution >= 0.6 is 0 Å². The maximum absolute atomic E-state index is 12.8. The molecule has 5 nitrogen and oxygen atoms in total. The number of aryl methyl sites for hydroxylation is 2. The van der Waals surface area contributed by atoms with Crippen molar-refractivity contribution in [3.8, 4) is 0 Å². The van der Waals surface area contributed by atoms with Crippen molar-refractivity contribution in [3.63, 3.8) is 0 Å². The lowest BCUT2D eigenvalue weighted by Gasteiger charge is -2.28. The Balaban J connectivity index is 1.66. The summed E-state index contributed by atoms with van der Waals surface area (Å²) in [5, 5.41) is 3.22. The van der Waals surface area contributed by atoms with Crippen molar-refractivity contribution in [3.05, 3.63) is 64.9 Å². The Labute approximate surface area is 172 Å². The van der Waals surface area contributed by atoms with Gasteiger partial charge in [0.2, 0.25) is 0 Å². The van der Waals surface area contributed by atoms with Gasteiger partial charge in [-0.15, -0.1) is 0 Å². The Bertz CT molecular complexity index is 986. The van der Waals surface area contributed by atoms with Gasteiger partial charge in [0.05, 0.1) is 5.57 Å². The fourth-order valence-corrected chi connectivity index (χ4v) is 4.15. The third-order valence-electron chi connectivity index (χ3n) is 5.80. The molecule has 2 aliphatic heterocycles. The summed E-state index contributed by atoms with van der Waals surface area (Å²) in [4.78, 5) is 29.2. The number of hydrogen-bond donors (Lipinski definition) is 1. The smallest absolute Gasteiger partial charge is 0.277 e. The number of likely N-dealkylation sites (N-methyl/N-ethyl adjacent to an activating group) is 1. The van der Waals surface area contributed by atoms with Gasteiger partial charge in [0.15, 0.2) is 0 Å². The Hall–Kier alpha value is -3.08. The monoisotopic (exact) mass is 389 g/mol. The number of anilines is 2. The Morgan fingerprint density at radius 2 is 1.55 bits per heavy atom. The lowest BCUT2D eigenvalue weighted by Crippen LogP contribution is -2.29. The number of nitrogens with zero attached hydrogens (tertiary/aromatic N) is 2. The quantitative estimate of drug-likeness (QED) is 0.800. The highest BCUT2D eigenvalue weighted by atomic mass is 16.2. The SMILES string of the molecule is Cc1ccc(C2=C(Nc3ccc(N4CCCCC4)cc3)C(=O)N(C)C2=O)c(C)c1. The molecule has 1 fully saturated rings. The second kappa shape index (κ2) is 7.74. The molecule has 1 N–H and O–H groups in total. The third kappa shape index (κ3) is 3.65. The van der Waals surface area contributed by atoms with E-state index in [1.807, 2.05) is 44.2 Å². The molecule has 2 aromatic rings. The number of amides is 2. The van der Waals surface area contributed by atoms with E-state index in [2.05, 4.69) is 22.3 Å². The summed E-state index contributed by atoms with van der Waals surface area (Å²) in [6.45, 7) is 6.16. The standard InChI is InChI=1S/C24H27N3O2/c1-16-7-12-20(17(2)15-16)21-22(24(29)26(3)23(21)28)25-18-8-10-19(11-9-18)27-13-5-4-6-14-27/h7-12,15,25H,4-6,13-14H2,1-3H3. The van der Waals surface area contributed by atoms with Gasteiger partial charge in [0.1, 0.15) is 5.70 Å². The van der Waals surface area contributed by atoms with Crippen LogP contribution in [0.5, 0.6) is 0 Å². The van der Waals surface area contributed by atoms with Crippen molar-refractivity contribution in [2.45, 2.75) is 33.1 Å². The van der Waals surface area contributed by atoms with Crippen molar-refractivity contribution in [2.75, 3.05) is 30.4 Å². The molecule has 29 heavy (non-hydrogen) atoms. The van der Waals surface area contributed by atoms with Crippen LogP contribution in [0.4, 0.5) is 11.4 Å². The molecular formula is C24H27N3O2. The van der Waals surface area contributed by atoms with E-state index < -0.39 is 0 Å². The molecule has 0 aliphatic carbocycles. The highest BCUT2D eigenvalue weighted by Gasteiger charge is 2.37. The molecule has 0 radical (unpaired) electrons. The van der Waals surface area contributed by atoms with Crippen LogP contribution in [0.2, 0.25) is 0 Å². The van der Waals surface area contributed by atoms with Crippen LogP contribution in [-0.4, -0.2) is 36.9 Å². The summed E-state index contributed by atoms with van der Waals surface area (Å²) >= 11 is 0. The van der Waals surface area contributed by atoms with E-state index in [0.29, 0.717) is 11.3 Å². The van der Waals surface area contributed by atoms with Crippen LogP contribution in [0.25, 0.3) is 5.57 Å². The van der Waals surface area contributed by atoms with Gasteiger partial charge < -0.3 is 10.2 Å². The molecular weight excluding hydrogens is 362 g/mol. The summed E-state index contributed by atoms with van der Waals surface area (Å²) in [5.74, 6) is -0.570. The van der Waals surface area contributed by atoms with Crippen LogP contribution in [0, 0.1) is 13.8 Å². The number of benzene rings is 2. The van der Waals surface area contributed by atoms with Gasteiger partial charge in [-0.05, 0) is 68.5 Å². The van der Waals surface area contributed by atoms with Crippen molar-refractivity contribution < 1.29 is 9.59 Å². The Morgan fingerprint density at radius 3 is 2.21 bits per heavy atom. The fourth-order valence-electron chi connectivity index (χ4n) is 4.15. The number of hydrogen-bond acceptors (Lipinski definition) is 4. The van der Waals surface area contributed by atoms with Gasteiger partial charge in [0, 0.05) is 31.5 Å². The first-order valence-corrected chi connectivity index (χ1v) is 10.2. The lowest BCUT2D eigenvalue weighted by molar-refractivity contribution is -0.135. The topological polar surface area (TPSA) is 52.7 Å². The second-order valence-corrected chi connectivity index (χ2v) is 7.96. The first-order valence-electron chi connectivity index (χ1n) is 10.2. The van der Waals surface area contributed by atoms with E-state index in [1.165, 1.54) is 36.9 Å². The van der Waals surface area contributed by atoms with E-state index in [1.54, 1.807) is 0 Å². The first kappa shape index (κ1) is 19.2. The van der Waals surface area contributed by atoms with Crippen LogP contribution in [0.15, 0.2) is 48.2 Å². The zero-order valence-corrected chi connectivity index (χ0v) is 17.3. The molecule has 0 atom stereocenters. The molecule has 0 aromatic heterocycles. The minimum Gasteiger partial charge on any atom is -0.372 e. The zero-order chi connectivity index (χ0) is 20.5. The minimum atomic E-state index is -0.301. The first-order chi connectivity index (χ1) is 14.0. The van der Waals surface area contributed by atoms with Gasteiger partial charge in [0.25, 0.3) is 11.8 Å². The number of nitrogens with one attached hydrogen (secondary N) is 1. The van der Waals surface area contributed by atoms with E-state index in [-0.39, 0.29) is 11.8 Å². The number of carbonyl (C=O) groups excluding carboxylic acids is 2. The van der Waals surface area contributed by atoms with Gasteiger partial charge >= 0.3 is 0 Å². The largest absolute Gasteiger partial charge is 0.372 e.